The van der Waals surface area contributed by atoms with E-state index in [0.29, 0.717) is 22.2 Å². The van der Waals surface area contributed by atoms with Crippen molar-refractivity contribution in [2.45, 2.75) is 57.4 Å². The van der Waals surface area contributed by atoms with Gasteiger partial charge in [-0.1, -0.05) is 18.2 Å². The molecule has 2 aromatic carbocycles. The van der Waals surface area contributed by atoms with Crippen molar-refractivity contribution < 1.29 is 45.8 Å². The fourth-order valence-electron chi connectivity index (χ4n) is 4.56. The summed E-state index contributed by atoms with van der Waals surface area (Å²) < 4.78 is 75.0. The number of carbonyl (C=O) groups excluding carboxylic acids is 2. The average Bonchev–Trinajstić information content (AvgIpc) is 3.06. The van der Waals surface area contributed by atoms with Gasteiger partial charge in [0.1, 0.15) is 23.6 Å². The normalized spacial score (nSPS) is 18.4. The first-order valence-electron chi connectivity index (χ1n) is 13.5. The van der Waals surface area contributed by atoms with Gasteiger partial charge in [-0.3, -0.25) is 14.1 Å². The Hall–Kier alpha value is -4.42. The molecule has 1 N–H and O–H groups in total. The number of hydrogen-bond donors (Lipinski definition) is 1. The molecule has 1 aromatic heterocycles. The Kier molecular flexibility index (Phi) is 9.36. The van der Waals surface area contributed by atoms with Crippen molar-refractivity contribution >= 4 is 23.1 Å². The van der Waals surface area contributed by atoms with Crippen molar-refractivity contribution in [3.8, 4) is 17.2 Å². The number of amides is 2. The lowest BCUT2D eigenvalue weighted by Crippen LogP contribution is -2.49. The number of benzene rings is 2. The SMILES string of the molecule is Cn1c(=O)oc2ccc(-c3ccc(C[C@@H](C#N)NC(=O)[C@@H]4CN(C(=O)OC(C)(C)C)C[C@@H](OC(F)(F)F)CO4)c(F)c3)cc21. The van der Waals surface area contributed by atoms with Gasteiger partial charge in [-0.2, -0.15) is 5.26 Å². The van der Waals surface area contributed by atoms with Crippen molar-refractivity contribution in [3.05, 3.63) is 58.3 Å². The van der Waals surface area contributed by atoms with E-state index in [1.165, 1.54) is 16.7 Å². The second kappa shape index (κ2) is 12.7. The molecule has 0 radical (unpaired) electrons. The number of carbonyl (C=O) groups is 2. The number of nitrogens with zero attached hydrogens (tertiary/aromatic N) is 3. The number of fused-ring (bicyclic) bond motifs is 1. The Bertz CT molecular complexity index is 1640. The van der Waals surface area contributed by atoms with Gasteiger partial charge in [-0.05, 0) is 55.7 Å². The van der Waals surface area contributed by atoms with Crippen LogP contribution >= 0.6 is 0 Å². The largest absolute Gasteiger partial charge is 0.522 e. The summed E-state index contributed by atoms with van der Waals surface area (Å²) >= 11 is 0. The molecule has 4 rings (SSSR count). The first kappa shape index (κ1) is 32.5. The van der Waals surface area contributed by atoms with Crippen molar-refractivity contribution in [1.82, 2.24) is 14.8 Å². The Morgan fingerprint density at radius 1 is 1.14 bits per heavy atom. The van der Waals surface area contributed by atoms with Crippen LogP contribution in [-0.4, -0.2) is 71.4 Å². The van der Waals surface area contributed by atoms with Crippen LogP contribution in [0.15, 0.2) is 45.6 Å². The van der Waals surface area contributed by atoms with Gasteiger partial charge in [0.15, 0.2) is 11.7 Å². The number of aryl methyl sites for hydroxylation is 1. The predicted octanol–water partition coefficient (Wildman–Crippen LogP) is 4.03. The van der Waals surface area contributed by atoms with Crippen LogP contribution in [0.4, 0.5) is 22.4 Å². The van der Waals surface area contributed by atoms with E-state index >= 15 is 4.39 Å². The molecule has 0 aliphatic carbocycles. The molecule has 44 heavy (non-hydrogen) atoms. The highest BCUT2D eigenvalue weighted by Gasteiger charge is 2.40. The van der Waals surface area contributed by atoms with E-state index < -0.39 is 73.5 Å². The second-order valence-corrected chi connectivity index (χ2v) is 11.2. The van der Waals surface area contributed by atoms with Gasteiger partial charge in [0.2, 0.25) is 0 Å². The lowest BCUT2D eigenvalue weighted by atomic mass is 10.00. The monoisotopic (exact) mass is 622 g/mol. The number of oxazole rings is 1. The van der Waals surface area contributed by atoms with E-state index in [1.54, 1.807) is 52.1 Å². The number of rotatable bonds is 6. The highest BCUT2D eigenvalue weighted by molar-refractivity contribution is 5.83. The molecule has 236 valence electrons. The van der Waals surface area contributed by atoms with Crippen LogP contribution in [0.3, 0.4) is 0 Å². The van der Waals surface area contributed by atoms with Crippen molar-refractivity contribution in [2.24, 2.45) is 7.05 Å². The van der Waals surface area contributed by atoms with E-state index in [9.17, 15) is 32.8 Å². The molecular formula is C29H30F4N4O7. The third-order valence-corrected chi connectivity index (χ3v) is 6.61. The zero-order valence-corrected chi connectivity index (χ0v) is 24.2. The van der Waals surface area contributed by atoms with Gasteiger partial charge in [0, 0.05) is 13.5 Å². The third kappa shape index (κ3) is 8.14. The van der Waals surface area contributed by atoms with Crippen LogP contribution in [0.5, 0.6) is 0 Å². The van der Waals surface area contributed by atoms with Crippen LogP contribution in [0.1, 0.15) is 26.3 Å². The number of alkyl halides is 3. The fraction of sp³-hybridized carbons (Fsp3) is 0.448. The van der Waals surface area contributed by atoms with Crippen LogP contribution in [0.25, 0.3) is 22.2 Å². The Balaban J connectivity index is 1.46. The van der Waals surface area contributed by atoms with Crippen LogP contribution in [0, 0.1) is 17.1 Å². The summed E-state index contributed by atoms with van der Waals surface area (Å²) in [5.74, 6) is -2.09. The van der Waals surface area contributed by atoms with Crippen LogP contribution in [-0.2, 0) is 32.5 Å². The van der Waals surface area contributed by atoms with Gasteiger partial charge in [-0.15, -0.1) is 13.2 Å². The number of ether oxygens (including phenoxy) is 3. The molecule has 2 heterocycles. The predicted molar refractivity (Wildman–Crippen MR) is 147 cm³/mol. The summed E-state index contributed by atoms with van der Waals surface area (Å²) in [6.07, 6.45) is -9.36. The minimum absolute atomic E-state index is 0.105. The van der Waals surface area contributed by atoms with Crippen LogP contribution < -0.4 is 11.1 Å². The molecule has 1 aliphatic heterocycles. The molecule has 0 spiro atoms. The molecule has 11 nitrogen and oxygen atoms in total. The smallest absolute Gasteiger partial charge is 0.444 e. The van der Waals surface area contributed by atoms with Crippen molar-refractivity contribution in [2.75, 3.05) is 19.7 Å². The Labute approximate surface area is 248 Å². The molecule has 15 heteroatoms. The molecule has 1 aliphatic rings. The molecule has 1 fully saturated rings. The minimum atomic E-state index is -5.02. The summed E-state index contributed by atoms with van der Waals surface area (Å²) in [6, 6.07) is 9.86. The highest BCUT2D eigenvalue weighted by Crippen LogP contribution is 2.27. The standard InChI is InChI=1S/C29H30F4N4O7/c1-28(2,3)44-27(40)37-13-20(43-29(31,32)33)15-41-24(14-37)25(38)35-19(12-34)9-18-6-5-16(10-21(18)30)17-7-8-23-22(11-17)36(4)26(39)42-23/h5-8,10-11,19-20,24H,9,13-15H2,1-4H3,(H,35,38)/t19-,20+,24-/m0/s1. The molecular weight excluding hydrogens is 592 g/mol. The van der Waals surface area contributed by atoms with Gasteiger partial charge in [0.25, 0.3) is 5.91 Å². The number of hydrogen-bond acceptors (Lipinski definition) is 8. The summed E-state index contributed by atoms with van der Waals surface area (Å²) in [7, 11) is 1.54. The molecule has 0 bridgehead atoms. The van der Waals surface area contributed by atoms with E-state index in [1.807, 2.05) is 6.07 Å². The molecule has 0 unspecified atom stereocenters. The average molecular weight is 623 g/mol. The van der Waals surface area contributed by atoms with Gasteiger partial charge in [0.05, 0.1) is 31.3 Å². The van der Waals surface area contributed by atoms with Gasteiger partial charge >= 0.3 is 18.2 Å². The Morgan fingerprint density at radius 3 is 2.45 bits per heavy atom. The lowest BCUT2D eigenvalue weighted by Gasteiger charge is -2.29. The van der Waals surface area contributed by atoms with Crippen molar-refractivity contribution in [3.63, 3.8) is 0 Å². The summed E-state index contributed by atoms with van der Waals surface area (Å²) in [4.78, 5) is 38.4. The molecule has 2 amide bonds. The maximum absolute atomic E-state index is 15.1. The number of nitriles is 1. The first-order chi connectivity index (χ1) is 20.5. The van der Waals surface area contributed by atoms with Gasteiger partial charge < -0.3 is 24.1 Å². The summed E-state index contributed by atoms with van der Waals surface area (Å²) in [5, 5.41) is 12.1. The summed E-state index contributed by atoms with van der Waals surface area (Å²) in [6.45, 7) is 2.98. The first-order valence-corrected chi connectivity index (χ1v) is 13.5. The third-order valence-electron chi connectivity index (χ3n) is 6.61. The van der Waals surface area contributed by atoms with E-state index in [2.05, 4.69) is 10.1 Å². The number of nitrogens with one attached hydrogen (secondary N) is 1. The van der Waals surface area contributed by atoms with E-state index in [0.717, 1.165) is 4.90 Å². The van der Waals surface area contributed by atoms with Gasteiger partial charge in [-0.25, -0.2) is 14.0 Å². The molecule has 3 aromatic rings. The minimum Gasteiger partial charge on any atom is -0.444 e. The highest BCUT2D eigenvalue weighted by atomic mass is 19.4. The zero-order valence-electron chi connectivity index (χ0n) is 24.2. The summed E-state index contributed by atoms with van der Waals surface area (Å²) in [5.41, 5.74) is 1.13. The quantitative estimate of drug-likeness (QED) is 0.407. The maximum Gasteiger partial charge on any atom is 0.522 e. The molecule has 0 saturated carbocycles. The molecule has 3 atom stereocenters. The van der Waals surface area contributed by atoms with Crippen molar-refractivity contribution in [1.29, 1.82) is 5.26 Å². The Morgan fingerprint density at radius 2 is 1.82 bits per heavy atom. The second-order valence-electron chi connectivity index (χ2n) is 11.2. The molecule has 1 saturated heterocycles. The van der Waals surface area contributed by atoms with Crippen LogP contribution in [0.2, 0.25) is 0 Å². The number of halogens is 4. The zero-order chi connectivity index (χ0) is 32.4. The van der Waals surface area contributed by atoms with E-state index in [-0.39, 0.29) is 12.0 Å². The van der Waals surface area contributed by atoms with E-state index in [4.69, 9.17) is 13.9 Å². The lowest BCUT2D eigenvalue weighted by molar-refractivity contribution is -0.345. The number of aromatic nitrogens is 1. The topological polar surface area (TPSA) is 136 Å². The maximum atomic E-state index is 15.1. The fourth-order valence-corrected chi connectivity index (χ4v) is 4.56.